The number of thiophene rings is 1. The summed E-state index contributed by atoms with van der Waals surface area (Å²) in [5.41, 5.74) is 3.75. The van der Waals surface area contributed by atoms with Crippen LogP contribution < -0.4 is 4.90 Å². The van der Waals surface area contributed by atoms with Gasteiger partial charge in [-0.2, -0.15) is 4.98 Å². The molecule has 28 heavy (non-hydrogen) atoms. The van der Waals surface area contributed by atoms with E-state index in [4.69, 9.17) is 16.6 Å². The third kappa shape index (κ3) is 4.66. The number of halogens is 1. The molecule has 3 nitrogen and oxygen atoms in total. The number of hydrogen-bond acceptors (Lipinski definition) is 4. The third-order valence-corrected chi connectivity index (χ3v) is 5.79. The minimum atomic E-state index is 0.323. The minimum Gasteiger partial charge on any atom is -0.355 e. The lowest BCUT2D eigenvalue weighted by Gasteiger charge is -2.28. The summed E-state index contributed by atoms with van der Waals surface area (Å²) in [7, 11) is 0. The molecule has 0 spiro atoms. The fourth-order valence-corrected chi connectivity index (χ4v) is 4.67. The number of benzene rings is 1. The molecule has 0 aliphatic carbocycles. The van der Waals surface area contributed by atoms with Crippen LogP contribution in [0.4, 0.5) is 5.82 Å². The molecule has 0 fully saturated rings. The van der Waals surface area contributed by atoms with E-state index < -0.39 is 0 Å². The average Bonchev–Trinajstić information content (AvgIpc) is 3.03. The SMILES string of the molecule is CC(C)CN(CC(C)C)c1nc(Cl)nc2scc(-c3ccc(C(C)C)cc3)c12. The van der Waals surface area contributed by atoms with Crippen LogP contribution in [-0.2, 0) is 0 Å². The van der Waals surface area contributed by atoms with Gasteiger partial charge in [-0.1, -0.05) is 65.8 Å². The summed E-state index contributed by atoms with van der Waals surface area (Å²) in [4.78, 5) is 12.5. The third-order valence-electron chi connectivity index (χ3n) is 4.75. The second kappa shape index (κ2) is 8.79. The van der Waals surface area contributed by atoms with E-state index in [0.717, 1.165) is 29.1 Å². The Morgan fingerprint density at radius 3 is 2.07 bits per heavy atom. The van der Waals surface area contributed by atoms with Gasteiger partial charge in [0.05, 0.1) is 5.39 Å². The molecule has 3 aromatic rings. The highest BCUT2D eigenvalue weighted by atomic mass is 35.5. The molecule has 2 aromatic heterocycles. The first-order valence-electron chi connectivity index (χ1n) is 10.1. The summed E-state index contributed by atoms with van der Waals surface area (Å²) in [6.07, 6.45) is 0. The van der Waals surface area contributed by atoms with Gasteiger partial charge in [0.15, 0.2) is 0 Å². The lowest BCUT2D eigenvalue weighted by atomic mass is 9.99. The molecule has 1 aromatic carbocycles. The van der Waals surface area contributed by atoms with Crippen molar-refractivity contribution in [3.63, 3.8) is 0 Å². The van der Waals surface area contributed by atoms with Crippen molar-refractivity contribution < 1.29 is 0 Å². The summed E-state index contributed by atoms with van der Waals surface area (Å²) in [5.74, 6) is 2.56. The van der Waals surface area contributed by atoms with Crippen molar-refractivity contribution in [3.8, 4) is 11.1 Å². The zero-order valence-corrected chi connectivity index (χ0v) is 19.2. The van der Waals surface area contributed by atoms with Gasteiger partial charge < -0.3 is 4.90 Å². The van der Waals surface area contributed by atoms with Gasteiger partial charge in [-0.3, -0.25) is 0 Å². The minimum absolute atomic E-state index is 0.323. The van der Waals surface area contributed by atoms with E-state index >= 15 is 0 Å². The summed E-state index contributed by atoms with van der Waals surface area (Å²) >= 11 is 7.95. The van der Waals surface area contributed by atoms with E-state index in [1.165, 1.54) is 16.7 Å². The number of aromatic nitrogens is 2. The molecule has 150 valence electrons. The predicted octanol–water partition coefficient (Wildman–Crippen LogP) is 7.25. The predicted molar refractivity (Wildman–Crippen MR) is 124 cm³/mol. The van der Waals surface area contributed by atoms with E-state index in [2.05, 4.69) is 81.1 Å². The van der Waals surface area contributed by atoms with E-state index in [1.54, 1.807) is 11.3 Å². The van der Waals surface area contributed by atoms with Crippen LogP contribution in [0.5, 0.6) is 0 Å². The van der Waals surface area contributed by atoms with Gasteiger partial charge in [-0.15, -0.1) is 11.3 Å². The maximum atomic E-state index is 6.31. The smallest absolute Gasteiger partial charge is 0.225 e. The fraction of sp³-hybridized carbons (Fsp3) is 0.478. The molecule has 2 heterocycles. The topological polar surface area (TPSA) is 29.0 Å². The lowest BCUT2D eigenvalue weighted by Crippen LogP contribution is -2.32. The fourth-order valence-electron chi connectivity index (χ4n) is 3.52. The second-order valence-corrected chi connectivity index (χ2v) is 9.81. The summed E-state index contributed by atoms with van der Waals surface area (Å²) < 4.78 is 0. The van der Waals surface area contributed by atoms with Crippen molar-refractivity contribution >= 4 is 39.0 Å². The lowest BCUT2D eigenvalue weighted by molar-refractivity contribution is 0.550. The van der Waals surface area contributed by atoms with Crippen LogP contribution in [0.1, 0.15) is 53.0 Å². The van der Waals surface area contributed by atoms with E-state index in [9.17, 15) is 0 Å². The van der Waals surface area contributed by atoms with E-state index in [1.807, 2.05) is 0 Å². The highest BCUT2D eigenvalue weighted by Gasteiger charge is 2.21. The van der Waals surface area contributed by atoms with E-state index in [-0.39, 0.29) is 0 Å². The molecule has 0 aliphatic rings. The van der Waals surface area contributed by atoms with Gasteiger partial charge in [0.1, 0.15) is 10.6 Å². The zero-order chi connectivity index (χ0) is 20.4. The van der Waals surface area contributed by atoms with Crippen molar-refractivity contribution in [1.29, 1.82) is 0 Å². The van der Waals surface area contributed by atoms with Gasteiger partial charge >= 0.3 is 0 Å². The van der Waals surface area contributed by atoms with Crippen LogP contribution in [0, 0.1) is 11.8 Å². The molecule has 0 radical (unpaired) electrons. The van der Waals surface area contributed by atoms with Crippen LogP contribution >= 0.6 is 22.9 Å². The highest BCUT2D eigenvalue weighted by Crippen LogP contribution is 2.39. The number of nitrogens with zero attached hydrogens (tertiary/aromatic N) is 3. The number of hydrogen-bond donors (Lipinski definition) is 0. The maximum Gasteiger partial charge on any atom is 0.225 e. The van der Waals surface area contributed by atoms with Gasteiger partial charge in [-0.05, 0) is 40.5 Å². The first-order chi connectivity index (χ1) is 13.3. The summed E-state index contributed by atoms with van der Waals surface area (Å²) in [6.45, 7) is 15.3. The number of anilines is 1. The highest BCUT2D eigenvalue weighted by molar-refractivity contribution is 7.17. The molecule has 0 N–H and O–H groups in total. The number of rotatable bonds is 7. The van der Waals surface area contributed by atoms with Gasteiger partial charge in [0, 0.05) is 24.0 Å². The molecule has 0 saturated heterocycles. The average molecular weight is 416 g/mol. The van der Waals surface area contributed by atoms with Crippen molar-refractivity contribution in [2.75, 3.05) is 18.0 Å². The molecular weight excluding hydrogens is 386 g/mol. The monoisotopic (exact) mass is 415 g/mol. The standard InChI is InChI=1S/C23H30ClN3S/c1-14(2)11-27(12-15(3)4)21-20-19(13-28-22(20)26-23(24)25-21)18-9-7-17(8-10-18)16(5)6/h7-10,13-16H,11-12H2,1-6H3. The Balaban J connectivity index is 2.15. The maximum absolute atomic E-state index is 6.31. The largest absolute Gasteiger partial charge is 0.355 e. The van der Waals surface area contributed by atoms with Crippen LogP contribution in [-0.4, -0.2) is 23.1 Å². The Hall–Kier alpha value is -1.65. The summed E-state index contributed by atoms with van der Waals surface area (Å²) in [5, 5.41) is 3.63. The molecule has 0 unspecified atom stereocenters. The Morgan fingerprint density at radius 1 is 0.929 bits per heavy atom. The molecule has 0 amide bonds. The first-order valence-corrected chi connectivity index (χ1v) is 11.3. The van der Waals surface area contributed by atoms with Gasteiger partial charge in [-0.25, -0.2) is 4.98 Å². The Bertz CT molecular complexity index is 919. The van der Waals surface area contributed by atoms with Crippen LogP contribution in [0.3, 0.4) is 0 Å². The van der Waals surface area contributed by atoms with Crippen molar-refractivity contribution in [1.82, 2.24) is 9.97 Å². The van der Waals surface area contributed by atoms with Crippen molar-refractivity contribution in [2.45, 2.75) is 47.5 Å². The van der Waals surface area contributed by atoms with Gasteiger partial charge in [0.2, 0.25) is 5.28 Å². The molecular formula is C23H30ClN3S. The molecule has 0 atom stereocenters. The normalized spacial score (nSPS) is 11.9. The molecule has 0 saturated carbocycles. The zero-order valence-electron chi connectivity index (χ0n) is 17.7. The van der Waals surface area contributed by atoms with Crippen molar-refractivity contribution in [3.05, 3.63) is 40.5 Å². The quantitative estimate of drug-likeness (QED) is 0.380. The first kappa shape index (κ1) is 21.1. The molecule has 0 aliphatic heterocycles. The van der Waals surface area contributed by atoms with Crippen LogP contribution in [0.25, 0.3) is 21.3 Å². The van der Waals surface area contributed by atoms with Crippen LogP contribution in [0.15, 0.2) is 29.6 Å². The van der Waals surface area contributed by atoms with Crippen molar-refractivity contribution in [2.24, 2.45) is 11.8 Å². The Labute approximate surface area is 177 Å². The molecule has 0 bridgehead atoms. The van der Waals surface area contributed by atoms with E-state index in [0.29, 0.717) is 23.0 Å². The van der Waals surface area contributed by atoms with Gasteiger partial charge in [0.25, 0.3) is 0 Å². The molecule has 3 rings (SSSR count). The Morgan fingerprint density at radius 2 is 1.54 bits per heavy atom. The summed E-state index contributed by atoms with van der Waals surface area (Å²) in [6, 6.07) is 8.87. The second-order valence-electron chi connectivity index (χ2n) is 8.62. The molecule has 5 heteroatoms. The number of fused-ring (bicyclic) bond motifs is 1. The Kier molecular flexibility index (Phi) is 6.61. The van der Waals surface area contributed by atoms with Crippen LogP contribution in [0.2, 0.25) is 5.28 Å².